The van der Waals surface area contributed by atoms with Crippen molar-refractivity contribution in [2.24, 2.45) is 5.92 Å². The number of nitrogens with zero attached hydrogens (tertiary/aromatic N) is 5. The first-order valence-corrected chi connectivity index (χ1v) is 14.5. The Morgan fingerprint density at radius 2 is 1.76 bits per heavy atom. The van der Waals surface area contributed by atoms with Crippen molar-refractivity contribution in [2.45, 2.75) is 37.8 Å². The molecule has 42 heavy (non-hydrogen) atoms. The monoisotopic (exact) mass is 589 g/mol. The second-order valence-corrected chi connectivity index (χ2v) is 11.4. The molecule has 2 aliphatic heterocycles. The lowest BCUT2D eigenvalue weighted by atomic mass is 9.93. The second kappa shape index (κ2) is 12.8. The number of anilines is 1. The van der Waals surface area contributed by atoms with Gasteiger partial charge in [-0.25, -0.2) is 14.2 Å². The van der Waals surface area contributed by atoms with Gasteiger partial charge in [-0.1, -0.05) is 35.9 Å². The molecule has 10 heteroatoms. The highest BCUT2D eigenvalue weighted by Gasteiger charge is 2.42. The molecule has 2 aliphatic rings. The third-order valence-electron chi connectivity index (χ3n) is 8.35. The van der Waals surface area contributed by atoms with E-state index in [0.29, 0.717) is 55.2 Å². The third-order valence-corrected chi connectivity index (χ3v) is 8.60. The zero-order valence-electron chi connectivity index (χ0n) is 23.6. The summed E-state index contributed by atoms with van der Waals surface area (Å²) in [6.45, 7) is 4.01. The molecule has 0 aliphatic carbocycles. The van der Waals surface area contributed by atoms with Crippen molar-refractivity contribution in [3.63, 3.8) is 0 Å². The molecule has 0 saturated carbocycles. The number of piperidine rings is 1. The SMILES string of the molecule is CC(OC(=O)N(C)[C@@H]1CN(C(=O)C2CCN(c3ccc(C#N)cn3)CC2)C[C@H]1c1ccc(Cl)cc1)c1ccc(F)cc1. The van der Waals surface area contributed by atoms with Crippen LogP contribution in [-0.4, -0.2) is 66.1 Å². The van der Waals surface area contributed by atoms with Crippen molar-refractivity contribution >= 4 is 29.4 Å². The summed E-state index contributed by atoms with van der Waals surface area (Å²) in [7, 11) is 1.70. The number of carbonyl (C=O) groups is 2. The zero-order valence-corrected chi connectivity index (χ0v) is 24.4. The predicted octanol–water partition coefficient (Wildman–Crippen LogP) is 5.79. The Labute approximate surface area is 250 Å². The van der Waals surface area contributed by atoms with Gasteiger partial charge < -0.3 is 19.4 Å². The predicted molar refractivity (Wildman–Crippen MR) is 158 cm³/mol. The van der Waals surface area contributed by atoms with E-state index in [0.717, 1.165) is 11.4 Å². The van der Waals surface area contributed by atoms with E-state index in [1.165, 1.54) is 12.1 Å². The average Bonchev–Trinajstić information content (AvgIpc) is 3.46. The van der Waals surface area contributed by atoms with E-state index in [9.17, 15) is 14.0 Å². The van der Waals surface area contributed by atoms with Gasteiger partial charge in [-0.3, -0.25) is 4.79 Å². The van der Waals surface area contributed by atoms with E-state index in [4.69, 9.17) is 21.6 Å². The Morgan fingerprint density at radius 3 is 2.38 bits per heavy atom. The maximum Gasteiger partial charge on any atom is 0.410 e. The highest BCUT2D eigenvalue weighted by atomic mass is 35.5. The molecule has 0 radical (unpaired) electrons. The molecule has 2 amide bonds. The van der Waals surface area contributed by atoms with Crippen molar-refractivity contribution in [1.82, 2.24) is 14.8 Å². The number of hydrogen-bond donors (Lipinski definition) is 0. The number of ether oxygens (including phenoxy) is 1. The lowest BCUT2D eigenvalue weighted by molar-refractivity contribution is -0.135. The number of likely N-dealkylation sites (N-methyl/N-ethyl adjacent to an activating group) is 1. The van der Waals surface area contributed by atoms with Crippen LogP contribution >= 0.6 is 11.6 Å². The van der Waals surface area contributed by atoms with Crippen LogP contribution in [0.4, 0.5) is 15.0 Å². The van der Waals surface area contributed by atoms with Crippen LogP contribution in [0.2, 0.25) is 5.02 Å². The van der Waals surface area contributed by atoms with Gasteiger partial charge in [0.15, 0.2) is 0 Å². The quantitative estimate of drug-likeness (QED) is 0.362. The number of hydrogen-bond acceptors (Lipinski definition) is 6. The molecular formula is C32H33ClFN5O3. The van der Waals surface area contributed by atoms with Gasteiger partial charge in [0.1, 0.15) is 23.8 Å². The number of halogens is 2. The van der Waals surface area contributed by atoms with Crippen molar-refractivity contribution in [1.29, 1.82) is 5.26 Å². The van der Waals surface area contributed by atoms with Gasteiger partial charge in [-0.15, -0.1) is 0 Å². The minimum Gasteiger partial charge on any atom is -0.442 e. The topological polar surface area (TPSA) is 89.8 Å². The number of nitriles is 1. The lowest BCUT2D eigenvalue weighted by Gasteiger charge is -2.34. The van der Waals surface area contributed by atoms with Gasteiger partial charge in [0.25, 0.3) is 0 Å². The molecule has 3 aromatic rings. The number of carbonyl (C=O) groups excluding carboxylic acids is 2. The lowest BCUT2D eigenvalue weighted by Crippen LogP contribution is -2.44. The van der Waals surface area contributed by atoms with Crippen molar-refractivity contribution in [3.05, 3.63) is 94.4 Å². The molecule has 2 fully saturated rings. The molecule has 1 aromatic heterocycles. The first-order valence-electron chi connectivity index (χ1n) is 14.1. The van der Waals surface area contributed by atoms with Crippen molar-refractivity contribution in [2.75, 3.05) is 38.1 Å². The van der Waals surface area contributed by atoms with E-state index in [1.807, 2.05) is 35.2 Å². The number of aromatic nitrogens is 1. The van der Waals surface area contributed by atoms with Crippen LogP contribution in [0.15, 0.2) is 66.9 Å². The third kappa shape index (κ3) is 6.50. The number of likely N-dealkylation sites (tertiary alicyclic amines) is 1. The highest BCUT2D eigenvalue weighted by molar-refractivity contribution is 6.30. The van der Waals surface area contributed by atoms with E-state index in [2.05, 4.69) is 16.0 Å². The van der Waals surface area contributed by atoms with Crippen LogP contribution in [-0.2, 0) is 9.53 Å². The zero-order chi connectivity index (χ0) is 29.8. The normalized spacial score (nSPS) is 19.7. The Hall–Kier alpha value is -4.16. The summed E-state index contributed by atoms with van der Waals surface area (Å²) in [6.07, 6.45) is 1.88. The van der Waals surface area contributed by atoms with E-state index in [-0.39, 0.29) is 29.6 Å². The minimum absolute atomic E-state index is 0.0883. The largest absolute Gasteiger partial charge is 0.442 e. The van der Waals surface area contributed by atoms with Crippen LogP contribution < -0.4 is 4.90 Å². The molecule has 218 valence electrons. The Kier molecular flexibility index (Phi) is 8.93. The van der Waals surface area contributed by atoms with Crippen LogP contribution in [0.5, 0.6) is 0 Å². The number of benzene rings is 2. The Balaban J connectivity index is 1.26. The van der Waals surface area contributed by atoms with E-state index >= 15 is 0 Å². The van der Waals surface area contributed by atoms with Crippen molar-refractivity contribution in [3.8, 4) is 6.07 Å². The summed E-state index contributed by atoms with van der Waals surface area (Å²) in [4.78, 5) is 37.0. The Morgan fingerprint density at radius 1 is 1.07 bits per heavy atom. The molecule has 3 heterocycles. The van der Waals surface area contributed by atoms with Crippen LogP contribution in [0.25, 0.3) is 0 Å². The highest BCUT2D eigenvalue weighted by Crippen LogP contribution is 2.34. The Bertz CT molecular complexity index is 1440. The molecule has 3 atom stereocenters. The number of amides is 2. The van der Waals surface area contributed by atoms with Crippen LogP contribution in [0.3, 0.4) is 0 Å². The summed E-state index contributed by atoms with van der Waals surface area (Å²) < 4.78 is 19.1. The van der Waals surface area contributed by atoms with E-state index in [1.54, 1.807) is 43.3 Å². The molecule has 2 saturated heterocycles. The molecule has 0 N–H and O–H groups in total. The summed E-state index contributed by atoms with van der Waals surface area (Å²) in [5.41, 5.74) is 2.20. The van der Waals surface area contributed by atoms with Gasteiger partial charge in [-0.2, -0.15) is 5.26 Å². The molecule has 0 spiro atoms. The summed E-state index contributed by atoms with van der Waals surface area (Å²) in [6, 6.07) is 18.8. The fourth-order valence-electron chi connectivity index (χ4n) is 5.82. The van der Waals surface area contributed by atoms with Crippen LogP contribution in [0, 0.1) is 23.1 Å². The number of rotatable bonds is 6. The molecule has 0 bridgehead atoms. The van der Waals surface area contributed by atoms with Gasteiger partial charge in [0.05, 0.1) is 11.6 Å². The fraction of sp³-hybridized carbons (Fsp3) is 0.375. The molecular weight excluding hydrogens is 557 g/mol. The smallest absolute Gasteiger partial charge is 0.410 e. The summed E-state index contributed by atoms with van der Waals surface area (Å²) in [5.74, 6) is 0.296. The molecule has 8 nitrogen and oxygen atoms in total. The first kappa shape index (κ1) is 29.3. The van der Waals surface area contributed by atoms with Gasteiger partial charge in [0, 0.05) is 56.3 Å². The second-order valence-electron chi connectivity index (χ2n) is 10.9. The van der Waals surface area contributed by atoms with Gasteiger partial charge in [-0.05, 0) is 67.3 Å². The minimum atomic E-state index is -0.565. The van der Waals surface area contributed by atoms with Crippen molar-refractivity contribution < 1.29 is 18.7 Å². The maximum atomic E-state index is 13.8. The summed E-state index contributed by atoms with van der Waals surface area (Å²) in [5, 5.41) is 9.64. The standard InChI is InChI=1S/C32H33ClFN5O3/c1-21(23-6-10-27(34)11-7-23)42-32(41)37(2)29-20-39(19-28(29)24-4-8-26(33)9-5-24)31(40)25-13-15-38(16-14-25)30-12-3-22(17-35)18-36-30/h3-12,18,21,25,28-29H,13-16,19-20H2,1-2H3/t21?,28-,29+/m0/s1. The van der Waals surface area contributed by atoms with Gasteiger partial charge >= 0.3 is 6.09 Å². The summed E-state index contributed by atoms with van der Waals surface area (Å²) >= 11 is 6.15. The maximum absolute atomic E-state index is 13.8. The average molecular weight is 590 g/mol. The van der Waals surface area contributed by atoms with Gasteiger partial charge in [0.2, 0.25) is 5.91 Å². The first-order chi connectivity index (χ1) is 20.2. The molecule has 1 unspecified atom stereocenters. The number of pyridine rings is 1. The molecule has 5 rings (SSSR count). The van der Waals surface area contributed by atoms with E-state index < -0.39 is 12.2 Å². The fourth-order valence-corrected chi connectivity index (χ4v) is 5.95. The molecule has 2 aromatic carbocycles. The van der Waals surface area contributed by atoms with Crippen LogP contribution in [0.1, 0.15) is 48.5 Å².